The van der Waals surface area contributed by atoms with Crippen LogP contribution in [0.4, 0.5) is 17.5 Å². The molecule has 3 aromatic rings. The van der Waals surface area contributed by atoms with Crippen molar-refractivity contribution >= 4 is 28.4 Å². The molecule has 1 aromatic heterocycles. The van der Waals surface area contributed by atoms with E-state index in [0.29, 0.717) is 0 Å². The lowest BCUT2D eigenvalue weighted by molar-refractivity contribution is 1.14. The van der Waals surface area contributed by atoms with E-state index in [9.17, 15) is 0 Å². The first kappa shape index (κ1) is 13.4. The molecular weight excluding hydrogens is 260 g/mol. The highest BCUT2D eigenvalue weighted by Crippen LogP contribution is 2.27. The summed E-state index contributed by atoms with van der Waals surface area (Å²) in [5.74, 6) is 1.03. The molecule has 2 aromatic carbocycles. The average Bonchev–Trinajstić information content (AvgIpc) is 2.49. The molecule has 0 aliphatic heterocycles. The third-order valence-electron chi connectivity index (χ3n) is 3.58. The molecule has 106 valence electrons. The van der Waals surface area contributed by atoms with Crippen molar-refractivity contribution in [1.29, 1.82) is 0 Å². The molecule has 0 spiro atoms. The summed E-state index contributed by atoms with van der Waals surface area (Å²) in [5, 5.41) is 4.37. The van der Waals surface area contributed by atoms with Gasteiger partial charge in [-0.1, -0.05) is 31.2 Å². The minimum absolute atomic E-state index is 0.280. The normalized spacial score (nSPS) is 10.8. The molecule has 1 heterocycles. The number of fused-ring (bicyclic) bond motifs is 1. The van der Waals surface area contributed by atoms with Crippen LogP contribution < -0.4 is 11.1 Å². The topological polar surface area (TPSA) is 63.8 Å². The van der Waals surface area contributed by atoms with Gasteiger partial charge in [0.1, 0.15) is 5.82 Å². The molecule has 0 atom stereocenters. The Labute approximate surface area is 124 Å². The quantitative estimate of drug-likeness (QED) is 0.764. The van der Waals surface area contributed by atoms with E-state index in [2.05, 4.69) is 47.3 Å². The lowest BCUT2D eigenvalue weighted by Gasteiger charge is -2.12. The molecule has 3 N–H and O–H groups in total. The summed E-state index contributed by atoms with van der Waals surface area (Å²) in [6.45, 7) is 4.19. The van der Waals surface area contributed by atoms with E-state index in [4.69, 9.17) is 5.73 Å². The highest BCUT2D eigenvalue weighted by Gasteiger charge is 2.08. The van der Waals surface area contributed by atoms with Crippen LogP contribution in [0.5, 0.6) is 0 Å². The molecule has 0 unspecified atom stereocenters. The number of nitrogens with two attached hydrogens (primary N) is 1. The summed E-state index contributed by atoms with van der Waals surface area (Å²) >= 11 is 0. The van der Waals surface area contributed by atoms with Crippen LogP contribution in [0.15, 0.2) is 42.5 Å². The van der Waals surface area contributed by atoms with Crippen LogP contribution in [0.1, 0.15) is 18.1 Å². The van der Waals surface area contributed by atoms with Crippen molar-refractivity contribution in [3.8, 4) is 0 Å². The van der Waals surface area contributed by atoms with Gasteiger partial charge in [0.15, 0.2) is 0 Å². The van der Waals surface area contributed by atoms with Gasteiger partial charge in [0.2, 0.25) is 5.95 Å². The second kappa shape index (κ2) is 5.40. The predicted molar refractivity (Wildman–Crippen MR) is 87.8 cm³/mol. The van der Waals surface area contributed by atoms with Crippen LogP contribution in [-0.4, -0.2) is 9.97 Å². The fourth-order valence-corrected chi connectivity index (χ4v) is 2.35. The molecule has 0 saturated heterocycles. The van der Waals surface area contributed by atoms with E-state index in [1.807, 2.05) is 24.3 Å². The van der Waals surface area contributed by atoms with Gasteiger partial charge in [0.05, 0.1) is 5.52 Å². The Hall–Kier alpha value is -2.62. The Balaban J connectivity index is 2.14. The minimum Gasteiger partial charge on any atom is -0.368 e. The number of hydrogen-bond donors (Lipinski definition) is 2. The molecule has 0 amide bonds. The molecule has 0 fully saturated rings. The van der Waals surface area contributed by atoms with Crippen LogP contribution in [0, 0.1) is 6.92 Å². The molecule has 3 rings (SSSR count). The average molecular weight is 278 g/mol. The largest absolute Gasteiger partial charge is 0.368 e. The van der Waals surface area contributed by atoms with Gasteiger partial charge >= 0.3 is 0 Å². The number of rotatable bonds is 3. The molecule has 4 nitrogen and oxygen atoms in total. The monoisotopic (exact) mass is 278 g/mol. The van der Waals surface area contributed by atoms with Gasteiger partial charge in [0.25, 0.3) is 0 Å². The number of nitrogens with one attached hydrogen (secondary N) is 1. The van der Waals surface area contributed by atoms with Gasteiger partial charge in [-0.15, -0.1) is 0 Å². The maximum Gasteiger partial charge on any atom is 0.222 e. The molecule has 0 saturated carbocycles. The number of para-hydroxylation sites is 1. The Bertz CT molecular complexity index is 796. The van der Waals surface area contributed by atoms with Crippen molar-refractivity contribution in [2.75, 3.05) is 11.1 Å². The number of aromatic nitrogens is 2. The summed E-state index contributed by atoms with van der Waals surface area (Å²) < 4.78 is 0. The minimum atomic E-state index is 0.280. The lowest BCUT2D eigenvalue weighted by atomic mass is 10.1. The van der Waals surface area contributed by atoms with Crippen LogP contribution in [0.2, 0.25) is 0 Å². The SMILES string of the molecule is CCc1ccc2nc(N)nc(Nc3ccccc3C)c2c1. The van der Waals surface area contributed by atoms with Gasteiger partial charge in [-0.3, -0.25) is 0 Å². The van der Waals surface area contributed by atoms with Crippen molar-refractivity contribution in [2.24, 2.45) is 0 Å². The van der Waals surface area contributed by atoms with E-state index in [-0.39, 0.29) is 5.95 Å². The lowest BCUT2D eigenvalue weighted by Crippen LogP contribution is -2.02. The second-order valence-electron chi connectivity index (χ2n) is 5.08. The third kappa shape index (κ3) is 2.65. The highest BCUT2D eigenvalue weighted by atomic mass is 15.1. The molecule has 0 aliphatic carbocycles. The Morgan fingerprint density at radius 2 is 1.90 bits per heavy atom. The fourth-order valence-electron chi connectivity index (χ4n) is 2.35. The van der Waals surface area contributed by atoms with Gasteiger partial charge in [-0.2, -0.15) is 4.98 Å². The standard InChI is InChI=1S/C17H18N4/c1-3-12-8-9-15-13(10-12)16(21-17(18)20-15)19-14-7-5-4-6-11(14)2/h4-10H,3H2,1-2H3,(H3,18,19,20,21). The van der Waals surface area contributed by atoms with E-state index in [1.165, 1.54) is 5.56 Å². The second-order valence-corrected chi connectivity index (χ2v) is 5.08. The summed E-state index contributed by atoms with van der Waals surface area (Å²) in [4.78, 5) is 8.67. The van der Waals surface area contributed by atoms with Crippen molar-refractivity contribution in [1.82, 2.24) is 9.97 Å². The summed E-state index contributed by atoms with van der Waals surface area (Å²) in [5.41, 5.74) is 10.1. The zero-order valence-electron chi connectivity index (χ0n) is 12.2. The van der Waals surface area contributed by atoms with Crippen molar-refractivity contribution in [3.63, 3.8) is 0 Å². The first-order valence-corrected chi connectivity index (χ1v) is 7.06. The Kier molecular flexibility index (Phi) is 3.44. The van der Waals surface area contributed by atoms with Gasteiger partial charge in [-0.05, 0) is 42.7 Å². The number of anilines is 3. The Morgan fingerprint density at radius 1 is 1.10 bits per heavy atom. The molecule has 0 bridgehead atoms. The molecule has 0 radical (unpaired) electrons. The van der Waals surface area contributed by atoms with Crippen LogP contribution in [0.25, 0.3) is 10.9 Å². The molecule has 0 aliphatic rings. The number of nitrogen functional groups attached to an aromatic ring is 1. The molecule has 4 heteroatoms. The summed E-state index contributed by atoms with van der Waals surface area (Å²) in [7, 11) is 0. The number of hydrogen-bond acceptors (Lipinski definition) is 4. The fraction of sp³-hybridized carbons (Fsp3) is 0.176. The number of nitrogens with zero attached hydrogens (tertiary/aromatic N) is 2. The van der Waals surface area contributed by atoms with Crippen molar-refractivity contribution < 1.29 is 0 Å². The summed E-state index contributed by atoms with van der Waals surface area (Å²) in [6.07, 6.45) is 0.976. The maximum absolute atomic E-state index is 5.82. The van der Waals surface area contributed by atoms with Gasteiger partial charge in [0, 0.05) is 11.1 Å². The van der Waals surface area contributed by atoms with Crippen LogP contribution in [-0.2, 0) is 6.42 Å². The zero-order chi connectivity index (χ0) is 14.8. The predicted octanol–water partition coefficient (Wildman–Crippen LogP) is 3.83. The first-order valence-electron chi connectivity index (χ1n) is 7.06. The van der Waals surface area contributed by atoms with Crippen LogP contribution >= 0.6 is 0 Å². The highest BCUT2D eigenvalue weighted by molar-refractivity contribution is 5.92. The molecule has 21 heavy (non-hydrogen) atoms. The van der Waals surface area contributed by atoms with E-state index in [1.54, 1.807) is 0 Å². The number of aryl methyl sites for hydroxylation is 2. The number of benzene rings is 2. The van der Waals surface area contributed by atoms with Crippen molar-refractivity contribution in [3.05, 3.63) is 53.6 Å². The summed E-state index contributed by atoms with van der Waals surface area (Å²) in [6, 6.07) is 14.3. The van der Waals surface area contributed by atoms with Crippen LogP contribution in [0.3, 0.4) is 0 Å². The van der Waals surface area contributed by atoms with Crippen molar-refractivity contribution in [2.45, 2.75) is 20.3 Å². The van der Waals surface area contributed by atoms with E-state index in [0.717, 1.165) is 34.4 Å². The Morgan fingerprint density at radius 3 is 2.67 bits per heavy atom. The van der Waals surface area contributed by atoms with E-state index >= 15 is 0 Å². The van der Waals surface area contributed by atoms with Gasteiger partial charge < -0.3 is 11.1 Å². The first-order chi connectivity index (χ1) is 10.2. The van der Waals surface area contributed by atoms with E-state index < -0.39 is 0 Å². The molecular formula is C17H18N4. The maximum atomic E-state index is 5.82. The van der Waals surface area contributed by atoms with Gasteiger partial charge in [-0.25, -0.2) is 4.98 Å². The zero-order valence-corrected chi connectivity index (χ0v) is 12.2. The smallest absolute Gasteiger partial charge is 0.222 e. The third-order valence-corrected chi connectivity index (χ3v) is 3.58.